The predicted molar refractivity (Wildman–Crippen MR) is 94.5 cm³/mol. The summed E-state index contributed by atoms with van der Waals surface area (Å²) in [6, 6.07) is 12.0. The van der Waals surface area contributed by atoms with Crippen LogP contribution in [0.1, 0.15) is 41.3 Å². The van der Waals surface area contributed by atoms with Crippen LogP contribution < -0.4 is 0 Å². The van der Waals surface area contributed by atoms with E-state index in [1.54, 1.807) is 18.2 Å². The highest BCUT2D eigenvalue weighted by molar-refractivity contribution is 6.15. The molecule has 0 radical (unpaired) electrons. The summed E-state index contributed by atoms with van der Waals surface area (Å²) < 4.78 is 16.4. The molecule has 3 aromatic rings. The Hall–Kier alpha value is -3.26. The van der Waals surface area contributed by atoms with Crippen LogP contribution in [-0.4, -0.2) is 20.5 Å². The van der Waals surface area contributed by atoms with Gasteiger partial charge in [0.05, 0.1) is 11.4 Å². The van der Waals surface area contributed by atoms with Crippen LogP contribution in [0.4, 0.5) is 4.39 Å². The number of benzene rings is 2. The van der Waals surface area contributed by atoms with Crippen molar-refractivity contribution in [2.24, 2.45) is 4.99 Å². The molecule has 5 heteroatoms. The third-order valence-electron chi connectivity index (χ3n) is 4.33. The number of aryl methyl sites for hydroxylation is 1. The monoisotopic (exact) mass is 330 g/mol. The van der Waals surface area contributed by atoms with E-state index in [1.807, 2.05) is 36.6 Å². The Morgan fingerprint density at radius 2 is 1.92 bits per heavy atom. The molecular weight excluding hydrogens is 315 g/mol. The molecule has 0 fully saturated rings. The fourth-order valence-electron chi connectivity index (χ4n) is 3.15. The number of aliphatic imine (C=N–C) groups is 1. The van der Waals surface area contributed by atoms with Crippen molar-refractivity contribution in [3.8, 4) is 18.0 Å². The molecule has 122 valence electrons. The molecule has 0 amide bonds. The third kappa shape index (κ3) is 2.34. The fraction of sp³-hybridized carbons (Fsp3) is 0.150. The van der Waals surface area contributed by atoms with Gasteiger partial charge in [-0.2, -0.15) is 0 Å². The van der Waals surface area contributed by atoms with Gasteiger partial charge >= 0.3 is 0 Å². The number of hydrogen-bond acceptors (Lipinski definition) is 3. The third-order valence-corrected chi connectivity index (χ3v) is 4.33. The minimum Gasteiger partial charge on any atom is -0.281 e. The Kier molecular flexibility index (Phi) is 3.47. The summed E-state index contributed by atoms with van der Waals surface area (Å²) in [5.41, 5.74) is 3.35. The lowest BCUT2D eigenvalue weighted by atomic mass is 9.98. The minimum absolute atomic E-state index is 0.266. The zero-order valence-electron chi connectivity index (χ0n) is 13.9. The van der Waals surface area contributed by atoms with E-state index in [1.165, 1.54) is 6.07 Å². The van der Waals surface area contributed by atoms with Crippen molar-refractivity contribution in [3.05, 3.63) is 76.6 Å². The van der Waals surface area contributed by atoms with Gasteiger partial charge in [0.2, 0.25) is 0 Å². The van der Waals surface area contributed by atoms with E-state index in [9.17, 15) is 4.39 Å². The van der Waals surface area contributed by atoms with Crippen molar-refractivity contribution in [2.75, 3.05) is 0 Å². The molecule has 0 saturated carbocycles. The molecule has 1 unspecified atom stereocenters. The van der Waals surface area contributed by atoms with Crippen molar-refractivity contribution >= 4 is 5.71 Å². The van der Waals surface area contributed by atoms with E-state index in [-0.39, 0.29) is 11.9 Å². The van der Waals surface area contributed by atoms with Crippen molar-refractivity contribution in [3.63, 3.8) is 0 Å². The van der Waals surface area contributed by atoms with Gasteiger partial charge in [-0.15, -0.1) is 16.6 Å². The Labute approximate surface area is 145 Å². The van der Waals surface area contributed by atoms with Gasteiger partial charge in [0, 0.05) is 16.7 Å². The summed E-state index contributed by atoms with van der Waals surface area (Å²) in [7, 11) is 0. The lowest BCUT2D eigenvalue weighted by Gasteiger charge is -2.13. The molecule has 0 N–H and O–H groups in total. The van der Waals surface area contributed by atoms with Crippen molar-refractivity contribution in [1.82, 2.24) is 14.8 Å². The first-order valence-electron chi connectivity index (χ1n) is 7.96. The molecule has 25 heavy (non-hydrogen) atoms. The van der Waals surface area contributed by atoms with E-state index >= 15 is 0 Å². The second kappa shape index (κ2) is 5.67. The van der Waals surface area contributed by atoms with Gasteiger partial charge in [0.1, 0.15) is 17.7 Å². The fourth-order valence-corrected chi connectivity index (χ4v) is 3.15. The number of aromatic nitrogens is 3. The van der Waals surface area contributed by atoms with Crippen molar-refractivity contribution < 1.29 is 4.39 Å². The van der Waals surface area contributed by atoms with E-state index in [4.69, 9.17) is 11.4 Å². The molecule has 4 nitrogen and oxygen atoms in total. The molecule has 2 aromatic carbocycles. The quantitative estimate of drug-likeness (QED) is 0.640. The smallest absolute Gasteiger partial charge is 0.162 e. The summed E-state index contributed by atoms with van der Waals surface area (Å²) in [5.74, 6) is 3.79. The summed E-state index contributed by atoms with van der Waals surface area (Å²) in [6.07, 6.45) is 5.57. The summed E-state index contributed by atoms with van der Waals surface area (Å²) >= 11 is 0. The normalized spacial score (nSPS) is 15.6. The van der Waals surface area contributed by atoms with Crippen LogP contribution in [0.15, 0.2) is 47.5 Å². The molecule has 1 atom stereocenters. The molecule has 1 aliphatic rings. The number of rotatable bonds is 1. The largest absolute Gasteiger partial charge is 0.281 e. The Morgan fingerprint density at radius 1 is 1.12 bits per heavy atom. The average Bonchev–Trinajstić information content (AvgIpc) is 2.95. The van der Waals surface area contributed by atoms with Gasteiger partial charge < -0.3 is 0 Å². The van der Waals surface area contributed by atoms with E-state index in [0.29, 0.717) is 16.8 Å². The molecule has 0 bridgehead atoms. The first-order valence-corrected chi connectivity index (χ1v) is 7.96. The van der Waals surface area contributed by atoms with Crippen molar-refractivity contribution in [1.29, 1.82) is 0 Å². The van der Waals surface area contributed by atoms with Crippen LogP contribution in [0.25, 0.3) is 5.69 Å². The van der Waals surface area contributed by atoms with Crippen LogP contribution in [-0.2, 0) is 0 Å². The van der Waals surface area contributed by atoms with E-state index in [0.717, 1.165) is 22.9 Å². The van der Waals surface area contributed by atoms with Gasteiger partial charge in [-0.1, -0.05) is 18.1 Å². The van der Waals surface area contributed by atoms with Crippen molar-refractivity contribution in [2.45, 2.75) is 19.9 Å². The van der Waals surface area contributed by atoms with Crippen LogP contribution >= 0.6 is 0 Å². The molecule has 1 aliphatic heterocycles. The maximum Gasteiger partial charge on any atom is 0.162 e. The number of terminal acetylenes is 1. The summed E-state index contributed by atoms with van der Waals surface area (Å²) in [4.78, 5) is 4.76. The Bertz CT molecular complexity index is 1060. The second-order valence-corrected chi connectivity index (χ2v) is 5.95. The number of hydrogen-bond donors (Lipinski definition) is 0. The molecule has 0 saturated heterocycles. The number of halogens is 1. The summed E-state index contributed by atoms with van der Waals surface area (Å²) in [6.45, 7) is 3.81. The minimum atomic E-state index is -0.320. The summed E-state index contributed by atoms with van der Waals surface area (Å²) in [5, 5.41) is 8.44. The Morgan fingerprint density at radius 3 is 2.68 bits per heavy atom. The number of fused-ring (bicyclic) bond motifs is 3. The van der Waals surface area contributed by atoms with Crippen LogP contribution in [0.3, 0.4) is 0 Å². The highest BCUT2D eigenvalue weighted by Crippen LogP contribution is 2.31. The standard InChI is InChI=1S/C20H15FN4/c1-4-14-9-10-18-16(11-14)19(15-7-5-6-8-17(15)21)22-12(2)20-24-23-13(3)25(18)20/h1,5-12H,2-3H3. The van der Waals surface area contributed by atoms with Gasteiger partial charge in [0.15, 0.2) is 5.82 Å². The highest BCUT2D eigenvalue weighted by Gasteiger charge is 2.26. The first kappa shape index (κ1) is 15.3. The highest BCUT2D eigenvalue weighted by atomic mass is 19.1. The maximum atomic E-state index is 14.5. The van der Waals surface area contributed by atoms with Gasteiger partial charge in [-0.25, -0.2) is 4.39 Å². The van der Waals surface area contributed by atoms with Crippen LogP contribution in [0.2, 0.25) is 0 Å². The SMILES string of the molecule is C#Cc1ccc2c(c1)C(c1ccccc1F)=NC(C)c1nnc(C)n1-2. The van der Waals surface area contributed by atoms with Crippen LogP contribution in [0, 0.1) is 25.1 Å². The molecule has 4 rings (SSSR count). The lowest BCUT2D eigenvalue weighted by molar-refractivity contribution is 0.624. The first-order chi connectivity index (χ1) is 12.1. The topological polar surface area (TPSA) is 43.1 Å². The van der Waals surface area contributed by atoms with E-state index < -0.39 is 0 Å². The van der Waals surface area contributed by atoms with E-state index in [2.05, 4.69) is 16.1 Å². The molecule has 1 aromatic heterocycles. The van der Waals surface area contributed by atoms with Gasteiger partial charge in [-0.3, -0.25) is 9.56 Å². The Balaban J connectivity index is 2.08. The van der Waals surface area contributed by atoms with Gasteiger partial charge in [0.25, 0.3) is 0 Å². The second-order valence-electron chi connectivity index (χ2n) is 5.95. The zero-order valence-corrected chi connectivity index (χ0v) is 13.9. The van der Waals surface area contributed by atoms with Gasteiger partial charge in [-0.05, 0) is 44.2 Å². The lowest BCUT2D eigenvalue weighted by Crippen LogP contribution is -2.10. The molecule has 0 spiro atoms. The zero-order chi connectivity index (χ0) is 17.6. The number of nitrogens with zero attached hydrogens (tertiary/aromatic N) is 4. The average molecular weight is 330 g/mol. The predicted octanol–water partition coefficient (Wildman–Crippen LogP) is 3.61. The maximum absolute atomic E-state index is 14.5. The molecule has 2 heterocycles. The van der Waals surface area contributed by atoms with Crippen LogP contribution in [0.5, 0.6) is 0 Å². The molecule has 0 aliphatic carbocycles. The molecular formula is C20H15FN4.